The zero-order valence-corrected chi connectivity index (χ0v) is 8.86. The van der Waals surface area contributed by atoms with Crippen LogP contribution in [0.25, 0.3) is 0 Å². The van der Waals surface area contributed by atoms with Crippen LogP contribution >= 0.6 is 0 Å². The van der Waals surface area contributed by atoms with Gasteiger partial charge in [0, 0.05) is 19.2 Å². The lowest BCUT2D eigenvalue weighted by Crippen LogP contribution is -2.36. The van der Waals surface area contributed by atoms with Crippen LogP contribution in [0.2, 0.25) is 0 Å². The molecule has 1 aromatic rings. The third-order valence-electron chi connectivity index (χ3n) is 1.90. The van der Waals surface area contributed by atoms with Crippen LogP contribution in [0.5, 0.6) is 0 Å². The normalized spacial score (nSPS) is 10.1. The minimum absolute atomic E-state index is 0.0564. The molecule has 84 valence electrons. The van der Waals surface area contributed by atoms with Gasteiger partial charge >= 0.3 is 6.03 Å². The molecule has 0 aliphatic heterocycles. The molecule has 0 atom stereocenters. The van der Waals surface area contributed by atoms with Crippen LogP contribution in [-0.2, 0) is 0 Å². The zero-order valence-electron chi connectivity index (χ0n) is 8.86. The van der Waals surface area contributed by atoms with Crippen LogP contribution in [0.3, 0.4) is 0 Å². The molecule has 2 amide bonds. The first kappa shape index (κ1) is 11.5. The van der Waals surface area contributed by atoms with Crippen molar-refractivity contribution >= 4 is 11.8 Å². The minimum Gasteiger partial charge on any atom is -0.395 e. The molecule has 1 heterocycles. The quantitative estimate of drug-likeness (QED) is 0.776. The Morgan fingerprint density at radius 1 is 1.73 bits per heavy atom. The highest BCUT2D eigenvalue weighted by atomic mass is 16.5. The summed E-state index contributed by atoms with van der Waals surface area (Å²) in [5.74, 6) is 1.02. The van der Waals surface area contributed by atoms with Crippen LogP contribution in [0.15, 0.2) is 10.6 Å². The average molecular weight is 213 g/mol. The summed E-state index contributed by atoms with van der Waals surface area (Å²) in [5.41, 5.74) is 0. The largest absolute Gasteiger partial charge is 0.395 e. The predicted molar refractivity (Wildman–Crippen MR) is 54.6 cm³/mol. The van der Waals surface area contributed by atoms with Gasteiger partial charge in [0.2, 0.25) is 0 Å². The highest BCUT2D eigenvalue weighted by Gasteiger charge is 2.12. The second kappa shape index (κ2) is 5.35. The molecule has 0 saturated heterocycles. The fraction of sp³-hybridized carbons (Fsp3) is 0.556. The number of nitrogens with zero attached hydrogens (tertiary/aromatic N) is 2. The molecule has 0 aliphatic rings. The summed E-state index contributed by atoms with van der Waals surface area (Å²) in [6, 6.07) is 1.34. The number of carbonyl (C=O) groups excluding carboxylic acids is 1. The van der Waals surface area contributed by atoms with Crippen molar-refractivity contribution in [3.05, 3.63) is 11.8 Å². The monoisotopic (exact) mass is 213 g/mol. The highest BCUT2D eigenvalue weighted by molar-refractivity contribution is 5.88. The molecule has 1 aromatic heterocycles. The average Bonchev–Trinajstić information content (AvgIpc) is 2.60. The Balaban J connectivity index is 2.53. The summed E-state index contributed by atoms with van der Waals surface area (Å²) in [5, 5.41) is 14.9. The van der Waals surface area contributed by atoms with Crippen molar-refractivity contribution in [2.75, 3.05) is 25.0 Å². The molecule has 1 rings (SSSR count). The first-order valence-corrected chi connectivity index (χ1v) is 4.77. The second-order valence-corrected chi connectivity index (χ2v) is 3.06. The molecule has 0 spiro atoms. The molecule has 0 aromatic carbocycles. The Morgan fingerprint density at radius 3 is 2.93 bits per heavy atom. The molecule has 0 unspecified atom stereocenters. The maximum absolute atomic E-state index is 11.6. The van der Waals surface area contributed by atoms with E-state index in [0.29, 0.717) is 24.7 Å². The Hall–Kier alpha value is -1.56. The maximum atomic E-state index is 11.6. The van der Waals surface area contributed by atoms with Gasteiger partial charge in [-0.3, -0.25) is 5.32 Å². The number of nitrogens with one attached hydrogen (secondary N) is 1. The summed E-state index contributed by atoms with van der Waals surface area (Å²) >= 11 is 0. The van der Waals surface area contributed by atoms with Crippen molar-refractivity contribution in [3.8, 4) is 0 Å². The molecular formula is C9H15N3O3. The van der Waals surface area contributed by atoms with Crippen molar-refractivity contribution in [1.29, 1.82) is 0 Å². The molecule has 0 aliphatic carbocycles. The fourth-order valence-electron chi connectivity index (χ4n) is 1.14. The summed E-state index contributed by atoms with van der Waals surface area (Å²) in [4.78, 5) is 13.0. The van der Waals surface area contributed by atoms with Crippen molar-refractivity contribution in [3.63, 3.8) is 0 Å². The van der Waals surface area contributed by atoms with Gasteiger partial charge in [0.1, 0.15) is 5.76 Å². The number of anilines is 1. The fourth-order valence-corrected chi connectivity index (χ4v) is 1.14. The van der Waals surface area contributed by atoms with Gasteiger partial charge in [-0.25, -0.2) is 4.79 Å². The van der Waals surface area contributed by atoms with Gasteiger partial charge in [-0.15, -0.1) is 0 Å². The predicted octanol–water partition coefficient (Wildman–Crippen LogP) is 0.829. The number of aliphatic hydroxyl groups excluding tert-OH is 1. The molecule has 0 fully saturated rings. The summed E-state index contributed by atoms with van der Waals surface area (Å²) in [6.07, 6.45) is 0. The number of likely N-dealkylation sites (N-methyl/N-ethyl adjacent to an activating group) is 1. The van der Waals surface area contributed by atoms with Gasteiger partial charge in [0.15, 0.2) is 5.82 Å². The molecule has 2 N–H and O–H groups in total. The van der Waals surface area contributed by atoms with Crippen LogP contribution < -0.4 is 5.32 Å². The van der Waals surface area contributed by atoms with E-state index in [4.69, 9.17) is 9.63 Å². The minimum atomic E-state index is -0.292. The number of hydrogen-bond acceptors (Lipinski definition) is 4. The lowest BCUT2D eigenvalue weighted by molar-refractivity contribution is 0.191. The standard InChI is InChI=1S/C9H15N3O3/c1-3-12(4-5-13)9(14)10-8-6-7(2)15-11-8/h6,13H,3-5H2,1-2H3,(H,10,11,14). The van der Waals surface area contributed by atoms with E-state index in [1.165, 1.54) is 4.90 Å². The number of hydrogen-bond donors (Lipinski definition) is 2. The van der Waals surface area contributed by atoms with Gasteiger partial charge in [-0.2, -0.15) is 0 Å². The van der Waals surface area contributed by atoms with Gasteiger partial charge in [-0.1, -0.05) is 5.16 Å². The van der Waals surface area contributed by atoms with Crippen molar-refractivity contribution < 1.29 is 14.4 Å². The van der Waals surface area contributed by atoms with Gasteiger partial charge in [0.05, 0.1) is 6.61 Å². The van der Waals surface area contributed by atoms with E-state index in [1.807, 2.05) is 6.92 Å². The second-order valence-electron chi connectivity index (χ2n) is 3.06. The number of aliphatic hydroxyl groups is 1. The number of aryl methyl sites for hydroxylation is 1. The number of amides is 2. The first-order chi connectivity index (χ1) is 7.17. The number of aromatic nitrogens is 1. The summed E-state index contributed by atoms with van der Waals surface area (Å²) in [7, 11) is 0. The molecule has 0 radical (unpaired) electrons. The maximum Gasteiger partial charge on any atom is 0.323 e. The van der Waals surface area contributed by atoms with E-state index in [2.05, 4.69) is 10.5 Å². The van der Waals surface area contributed by atoms with E-state index in [9.17, 15) is 4.79 Å². The van der Waals surface area contributed by atoms with E-state index in [1.54, 1.807) is 13.0 Å². The number of urea groups is 1. The van der Waals surface area contributed by atoms with Gasteiger partial charge in [0.25, 0.3) is 0 Å². The van der Waals surface area contributed by atoms with Crippen LogP contribution in [0, 0.1) is 6.92 Å². The third kappa shape index (κ3) is 3.25. The van der Waals surface area contributed by atoms with E-state index in [0.717, 1.165) is 0 Å². The topological polar surface area (TPSA) is 78.6 Å². The first-order valence-electron chi connectivity index (χ1n) is 4.77. The SMILES string of the molecule is CCN(CCO)C(=O)Nc1cc(C)on1. The van der Waals surface area contributed by atoms with E-state index in [-0.39, 0.29) is 12.6 Å². The van der Waals surface area contributed by atoms with Crippen LogP contribution in [-0.4, -0.2) is 40.9 Å². The lowest BCUT2D eigenvalue weighted by Gasteiger charge is -2.18. The van der Waals surface area contributed by atoms with Crippen molar-refractivity contribution in [1.82, 2.24) is 10.1 Å². The Kier molecular flexibility index (Phi) is 4.11. The molecule has 6 heteroatoms. The smallest absolute Gasteiger partial charge is 0.323 e. The Morgan fingerprint density at radius 2 is 2.47 bits per heavy atom. The van der Waals surface area contributed by atoms with E-state index >= 15 is 0 Å². The van der Waals surface area contributed by atoms with Crippen molar-refractivity contribution in [2.24, 2.45) is 0 Å². The van der Waals surface area contributed by atoms with Crippen LogP contribution in [0.1, 0.15) is 12.7 Å². The molecule has 0 bridgehead atoms. The lowest BCUT2D eigenvalue weighted by atomic mass is 10.5. The molecule has 6 nitrogen and oxygen atoms in total. The van der Waals surface area contributed by atoms with Gasteiger partial charge in [-0.05, 0) is 13.8 Å². The molecule has 0 saturated carbocycles. The molecule has 15 heavy (non-hydrogen) atoms. The third-order valence-corrected chi connectivity index (χ3v) is 1.90. The zero-order chi connectivity index (χ0) is 11.3. The Labute approximate surface area is 87.9 Å². The highest BCUT2D eigenvalue weighted by Crippen LogP contribution is 2.07. The summed E-state index contributed by atoms with van der Waals surface area (Å²) < 4.78 is 4.81. The number of carbonyl (C=O) groups is 1. The number of rotatable bonds is 4. The van der Waals surface area contributed by atoms with Crippen molar-refractivity contribution in [2.45, 2.75) is 13.8 Å². The Bertz CT molecular complexity index is 324. The summed E-state index contributed by atoms with van der Waals surface area (Å²) in [6.45, 7) is 4.36. The molecular weight excluding hydrogens is 198 g/mol. The van der Waals surface area contributed by atoms with Crippen LogP contribution in [0.4, 0.5) is 10.6 Å². The van der Waals surface area contributed by atoms with E-state index < -0.39 is 0 Å². The van der Waals surface area contributed by atoms with Gasteiger partial charge < -0.3 is 14.5 Å².